The summed E-state index contributed by atoms with van der Waals surface area (Å²) in [6, 6.07) is 13.0. The maximum atomic E-state index is 5.67. The summed E-state index contributed by atoms with van der Waals surface area (Å²) >= 11 is 0. The molecule has 0 amide bonds. The van der Waals surface area contributed by atoms with Crippen molar-refractivity contribution < 1.29 is 0 Å². The molecule has 0 aliphatic heterocycles. The van der Waals surface area contributed by atoms with Gasteiger partial charge in [0.1, 0.15) is 0 Å². The van der Waals surface area contributed by atoms with Crippen molar-refractivity contribution in [3.8, 4) is 0 Å². The predicted octanol–water partition coefficient (Wildman–Crippen LogP) is 2.33. The Kier molecular flexibility index (Phi) is 5.32. The first-order chi connectivity index (χ1) is 9.72. The Morgan fingerprint density at radius 3 is 2.60 bits per heavy atom. The van der Waals surface area contributed by atoms with Crippen LogP contribution in [0.3, 0.4) is 0 Å². The molecule has 1 aromatic carbocycles. The number of hydrogen-bond donors (Lipinski definition) is 1. The van der Waals surface area contributed by atoms with Crippen LogP contribution in [0.15, 0.2) is 42.6 Å². The Bertz CT molecular complexity index is 506. The van der Waals surface area contributed by atoms with Gasteiger partial charge < -0.3 is 5.73 Å². The Hall–Kier alpha value is -1.65. The van der Waals surface area contributed by atoms with Gasteiger partial charge in [0.2, 0.25) is 0 Å². The highest BCUT2D eigenvalue weighted by Crippen LogP contribution is 2.21. The first-order valence-electron chi connectivity index (χ1n) is 7.18. The van der Waals surface area contributed by atoms with Crippen LogP contribution >= 0.6 is 0 Å². The van der Waals surface area contributed by atoms with Crippen molar-refractivity contribution in [3.05, 3.63) is 53.9 Å². The summed E-state index contributed by atoms with van der Waals surface area (Å²) in [5, 5.41) is 4.27. The minimum atomic E-state index is 0.328. The van der Waals surface area contributed by atoms with E-state index >= 15 is 0 Å². The molecule has 0 fully saturated rings. The second-order valence-electron chi connectivity index (χ2n) is 5.15. The average molecular weight is 272 g/mol. The standard InChI is InChI=1S/C16H24N4/c1-14(16-9-11-18-19(16)2)20(12-6-10-17)13-15-7-4-3-5-8-15/h3-5,7-9,11,14H,6,10,12-13,17H2,1-2H3. The van der Waals surface area contributed by atoms with Crippen molar-refractivity contribution in [3.63, 3.8) is 0 Å². The van der Waals surface area contributed by atoms with Crippen LogP contribution in [-0.2, 0) is 13.6 Å². The number of rotatable bonds is 7. The molecule has 20 heavy (non-hydrogen) atoms. The highest BCUT2D eigenvalue weighted by molar-refractivity contribution is 5.15. The summed E-state index contributed by atoms with van der Waals surface area (Å²) in [5.41, 5.74) is 8.24. The molecule has 0 aliphatic carbocycles. The van der Waals surface area contributed by atoms with E-state index < -0.39 is 0 Å². The van der Waals surface area contributed by atoms with Crippen molar-refractivity contribution in [1.29, 1.82) is 0 Å². The van der Waals surface area contributed by atoms with Crippen LogP contribution in [0.4, 0.5) is 0 Å². The minimum Gasteiger partial charge on any atom is -0.330 e. The molecule has 2 N–H and O–H groups in total. The molecule has 1 atom stereocenters. The molecule has 1 heterocycles. The van der Waals surface area contributed by atoms with Crippen LogP contribution in [0, 0.1) is 0 Å². The molecule has 4 nitrogen and oxygen atoms in total. The van der Waals surface area contributed by atoms with Crippen molar-refractivity contribution in [2.75, 3.05) is 13.1 Å². The lowest BCUT2D eigenvalue weighted by Gasteiger charge is -2.29. The smallest absolute Gasteiger partial charge is 0.0549 e. The molecule has 0 aliphatic rings. The average Bonchev–Trinajstić information content (AvgIpc) is 2.90. The fourth-order valence-corrected chi connectivity index (χ4v) is 2.50. The quantitative estimate of drug-likeness (QED) is 0.841. The lowest BCUT2D eigenvalue weighted by atomic mass is 10.1. The number of hydrogen-bond acceptors (Lipinski definition) is 3. The molecule has 0 saturated carbocycles. The largest absolute Gasteiger partial charge is 0.330 e. The number of nitrogens with zero attached hydrogens (tertiary/aromatic N) is 3. The summed E-state index contributed by atoms with van der Waals surface area (Å²) in [6.07, 6.45) is 2.87. The van der Waals surface area contributed by atoms with E-state index in [1.807, 2.05) is 17.9 Å². The van der Waals surface area contributed by atoms with Gasteiger partial charge in [-0.2, -0.15) is 5.10 Å². The lowest BCUT2D eigenvalue weighted by Crippen LogP contribution is -2.30. The molecule has 0 saturated heterocycles. The van der Waals surface area contributed by atoms with Gasteiger partial charge in [0.15, 0.2) is 0 Å². The van der Waals surface area contributed by atoms with Gasteiger partial charge in [-0.1, -0.05) is 30.3 Å². The number of nitrogens with two attached hydrogens (primary N) is 1. The van der Waals surface area contributed by atoms with Crippen molar-refractivity contribution in [2.24, 2.45) is 12.8 Å². The molecule has 0 spiro atoms. The Balaban J connectivity index is 2.12. The molecular weight excluding hydrogens is 248 g/mol. The van der Waals surface area contributed by atoms with E-state index in [9.17, 15) is 0 Å². The lowest BCUT2D eigenvalue weighted by molar-refractivity contribution is 0.193. The fraction of sp³-hybridized carbons (Fsp3) is 0.438. The minimum absolute atomic E-state index is 0.328. The van der Waals surface area contributed by atoms with Crippen LogP contribution in [0.2, 0.25) is 0 Å². The van der Waals surface area contributed by atoms with Crippen LogP contribution in [0.1, 0.15) is 30.6 Å². The predicted molar refractivity (Wildman–Crippen MR) is 82.1 cm³/mol. The molecular formula is C16H24N4. The van der Waals surface area contributed by atoms with E-state index in [2.05, 4.69) is 53.3 Å². The van der Waals surface area contributed by atoms with E-state index in [1.165, 1.54) is 11.3 Å². The highest BCUT2D eigenvalue weighted by Gasteiger charge is 2.18. The molecule has 0 bridgehead atoms. The van der Waals surface area contributed by atoms with Gasteiger partial charge in [-0.05, 0) is 31.5 Å². The van der Waals surface area contributed by atoms with E-state index in [0.717, 1.165) is 26.1 Å². The third-order valence-electron chi connectivity index (χ3n) is 3.71. The molecule has 2 aromatic rings. The molecule has 1 unspecified atom stereocenters. The van der Waals surface area contributed by atoms with Gasteiger partial charge in [-0.25, -0.2) is 0 Å². The number of benzene rings is 1. The zero-order valence-electron chi connectivity index (χ0n) is 12.4. The summed E-state index contributed by atoms with van der Waals surface area (Å²) in [5.74, 6) is 0. The van der Waals surface area contributed by atoms with Crippen LogP contribution in [0.5, 0.6) is 0 Å². The third kappa shape index (κ3) is 3.68. The zero-order valence-corrected chi connectivity index (χ0v) is 12.4. The Morgan fingerprint density at radius 2 is 2.00 bits per heavy atom. The summed E-state index contributed by atoms with van der Waals surface area (Å²) in [4.78, 5) is 2.46. The van der Waals surface area contributed by atoms with E-state index in [0.29, 0.717) is 6.04 Å². The van der Waals surface area contributed by atoms with E-state index in [4.69, 9.17) is 5.73 Å². The second-order valence-corrected chi connectivity index (χ2v) is 5.15. The van der Waals surface area contributed by atoms with E-state index in [1.54, 1.807) is 0 Å². The maximum Gasteiger partial charge on any atom is 0.0549 e. The first kappa shape index (κ1) is 14.8. The van der Waals surface area contributed by atoms with Gasteiger partial charge in [0.25, 0.3) is 0 Å². The zero-order chi connectivity index (χ0) is 14.4. The van der Waals surface area contributed by atoms with Crippen LogP contribution in [-0.4, -0.2) is 27.8 Å². The first-order valence-corrected chi connectivity index (χ1v) is 7.18. The fourth-order valence-electron chi connectivity index (χ4n) is 2.50. The Morgan fingerprint density at radius 1 is 1.25 bits per heavy atom. The molecule has 108 valence electrons. The van der Waals surface area contributed by atoms with Gasteiger partial charge in [-0.15, -0.1) is 0 Å². The summed E-state index contributed by atoms with van der Waals surface area (Å²) < 4.78 is 1.95. The molecule has 2 rings (SSSR count). The normalized spacial score (nSPS) is 12.8. The SMILES string of the molecule is CC(c1ccnn1C)N(CCCN)Cc1ccccc1. The molecule has 0 radical (unpaired) electrons. The van der Waals surface area contributed by atoms with Gasteiger partial charge in [0.05, 0.1) is 5.69 Å². The van der Waals surface area contributed by atoms with Crippen LogP contribution in [0.25, 0.3) is 0 Å². The van der Waals surface area contributed by atoms with Gasteiger partial charge in [0, 0.05) is 32.4 Å². The Labute approximate surface area is 121 Å². The second kappa shape index (κ2) is 7.22. The monoisotopic (exact) mass is 272 g/mol. The summed E-state index contributed by atoms with van der Waals surface area (Å²) in [7, 11) is 2.00. The van der Waals surface area contributed by atoms with Gasteiger partial charge >= 0.3 is 0 Å². The third-order valence-corrected chi connectivity index (χ3v) is 3.71. The van der Waals surface area contributed by atoms with Crippen LogP contribution < -0.4 is 5.73 Å². The highest BCUT2D eigenvalue weighted by atomic mass is 15.3. The maximum absolute atomic E-state index is 5.67. The van der Waals surface area contributed by atoms with Crippen molar-refractivity contribution in [1.82, 2.24) is 14.7 Å². The number of aryl methyl sites for hydroxylation is 1. The van der Waals surface area contributed by atoms with Gasteiger partial charge in [-0.3, -0.25) is 9.58 Å². The molecule has 1 aromatic heterocycles. The van der Waals surface area contributed by atoms with Crippen molar-refractivity contribution in [2.45, 2.75) is 25.9 Å². The number of aromatic nitrogens is 2. The van der Waals surface area contributed by atoms with Crippen molar-refractivity contribution >= 4 is 0 Å². The molecule has 4 heteroatoms. The summed E-state index contributed by atoms with van der Waals surface area (Å²) in [6.45, 7) is 4.89. The topological polar surface area (TPSA) is 47.1 Å². The van der Waals surface area contributed by atoms with E-state index in [-0.39, 0.29) is 0 Å².